The Balaban J connectivity index is 0.000000167. The van der Waals surface area contributed by atoms with Crippen molar-refractivity contribution in [2.24, 2.45) is 0 Å². The number of hydrogen-bond donors (Lipinski definition) is 1. The lowest BCUT2D eigenvalue weighted by atomic mass is 10.2. The standard InChI is InChI=1S/C13H12O3.C9H6O3/c1-2-3-8-15-12-9-13(14)16-11-7-5-4-6-10(11)12;10-7-5-9(11)12-8-4-2-1-3-6(7)8/h2,4-7,9H,1,3,8H2;1-5,10H. The Morgan fingerprint density at radius 1 is 0.893 bits per heavy atom. The monoisotopic (exact) mass is 378 g/mol. The van der Waals surface area contributed by atoms with Crippen LogP contribution in [0.25, 0.3) is 21.9 Å². The molecule has 0 amide bonds. The highest BCUT2D eigenvalue weighted by Crippen LogP contribution is 2.23. The van der Waals surface area contributed by atoms with E-state index in [1.807, 2.05) is 18.2 Å². The van der Waals surface area contributed by atoms with Crippen LogP contribution in [-0.4, -0.2) is 11.7 Å². The maximum atomic E-state index is 11.3. The molecule has 2 aromatic carbocycles. The first-order chi connectivity index (χ1) is 13.6. The van der Waals surface area contributed by atoms with Gasteiger partial charge in [0.1, 0.15) is 22.7 Å². The lowest BCUT2D eigenvalue weighted by Crippen LogP contribution is -2.02. The molecule has 4 aromatic rings. The van der Waals surface area contributed by atoms with Gasteiger partial charge >= 0.3 is 11.3 Å². The van der Waals surface area contributed by atoms with Gasteiger partial charge < -0.3 is 18.7 Å². The Hall–Kier alpha value is -3.80. The molecule has 0 aliphatic rings. The Bertz CT molecular complexity index is 1220. The molecule has 1 N–H and O–H groups in total. The average Bonchev–Trinajstić information content (AvgIpc) is 2.68. The molecule has 0 atom stereocenters. The Morgan fingerprint density at radius 3 is 2.14 bits per heavy atom. The van der Waals surface area contributed by atoms with Crippen LogP contribution in [0, 0.1) is 0 Å². The molecule has 0 saturated carbocycles. The smallest absolute Gasteiger partial charge is 0.339 e. The van der Waals surface area contributed by atoms with E-state index in [1.54, 1.807) is 36.4 Å². The second-order valence-corrected chi connectivity index (χ2v) is 5.80. The van der Waals surface area contributed by atoms with Crippen molar-refractivity contribution in [2.45, 2.75) is 6.42 Å². The van der Waals surface area contributed by atoms with Gasteiger partial charge in [0.05, 0.1) is 29.5 Å². The van der Waals surface area contributed by atoms with Crippen LogP contribution >= 0.6 is 0 Å². The van der Waals surface area contributed by atoms with Crippen molar-refractivity contribution in [1.82, 2.24) is 0 Å². The predicted octanol–water partition coefficient (Wildman–Crippen LogP) is 4.25. The normalized spacial score (nSPS) is 10.3. The van der Waals surface area contributed by atoms with Gasteiger partial charge in [-0.25, -0.2) is 9.59 Å². The van der Waals surface area contributed by atoms with E-state index in [2.05, 4.69) is 6.58 Å². The van der Waals surface area contributed by atoms with E-state index in [-0.39, 0.29) is 5.75 Å². The molecule has 0 aliphatic carbocycles. The molecule has 6 heteroatoms. The van der Waals surface area contributed by atoms with Crippen LogP contribution in [0.5, 0.6) is 11.5 Å². The first kappa shape index (κ1) is 19.0. The Kier molecular flexibility index (Phi) is 5.91. The summed E-state index contributed by atoms with van der Waals surface area (Å²) in [6.07, 6.45) is 2.52. The van der Waals surface area contributed by atoms with Gasteiger partial charge in [-0.05, 0) is 30.7 Å². The number of fused-ring (bicyclic) bond motifs is 2. The van der Waals surface area contributed by atoms with Gasteiger partial charge in [-0.15, -0.1) is 6.58 Å². The second-order valence-electron chi connectivity index (χ2n) is 5.80. The first-order valence-corrected chi connectivity index (χ1v) is 8.57. The van der Waals surface area contributed by atoms with Gasteiger partial charge in [-0.1, -0.05) is 30.3 Å². The second kappa shape index (κ2) is 8.73. The average molecular weight is 378 g/mol. The summed E-state index contributed by atoms with van der Waals surface area (Å²) < 4.78 is 15.4. The van der Waals surface area contributed by atoms with Crippen molar-refractivity contribution in [3.63, 3.8) is 0 Å². The van der Waals surface area contributed by atoms with E-state index in [0.29, 0.717) is 28.9 Å². The van der Waals surface area contributed by atoms with Crippen LogP contribution in [0.1, 0.15) is 6.42 Å². The summed E-state index contributed by atoms with van der Waals surface area (Å²) in [5, 5.41) is 10.7. The van der Waals surface area contributed by atoms with Crippen molar-refractivity contribution >= 4 is 21.9 Å². The van der Waals surface area contributed by atoms with Gasteiger partial charge in [0, 0.05) is 0 Å². The molecule has 0 saturated heterocycles. The molecule has 2 heterocycles. The first-order valence-electron chi connectivity index (χ1n) is 8.57. The molecular weight excluding hydrogens is 360 g/mol. The molecule has 4 rings (SSSR count). The molecule has 28 heavy (non-hydrogen) atoms. The number of rotatable bonds is 4. The molecule has 0 spiro atoms. The van der Waals surface area contributed by atoms with Crippen LogP contribution < -0.4 is 16.0 Å². The summed E-state index contributed by atoms with van der Waals surface area (Å²) in [6.45, 7) is 4.12. The van der Waals surface area contributed by atoms with Crippen molar-refractivity contribution in [1.29, 1.82) is 0 Å². The van der Waals surface area contributed by atoms with E-state index in [4.69, 9.17) is 13.6 Å². The van der Waals surface area contributed by atoms with Gasteiger partial charge in [-0.2, -0.15) is 0 Å². The van der Waals surface area contributed by atoms with Crippen LogP contribution in [0.15, 0.2) is 91.7 Å². The van der Waals surface area contributed by atoms with Gasteiger partial charge in [0.25, 0.3) is 0 Å². The van der Waals surface area contributed by atoms with Crippen molar-refractivity contribution in [2.75, 3.05) is 6.61 Å². The number of para-hydroxylation sites is 2. The molecule has 0 radical (unpaired) electrons. The molecule has 0 unspecified atom stereocenters. The quantitative estimate of drug-likeness (QED) is 0.324. The summed E-state index contributed by atoms with van der Waals surface area (Å²) in [7, 11) is 0. The fourth-order valence-corrected chi connectivity index (χ4v) is 2.55. The number of benzene rings is 2. The third-order valence-corrected chi connectivity index (χ3v) is 3.82. The van der Waals surface area contributed by atoms with Crippen LogP contribution in [0.3, 0.4) is 0 Å². The van der Waals surface area contributed by atoms with Gasteiger partial charge in [0.15, 0.2) is 0 Å². The number of aromatic hydroxyl groups is 1. The summed E-state index contributed by atoms with van der Waals surface area (Å²) in [5.41, 5.74) is 0.0182. The third kappa shape index (κ3) is 4.48. The molecule has 6 nitrogen and oxygen atoms in total. The highest BCUT2D eigenvalue weighted by molar-refractivity contribution is 5.83. The van der Waals surface area contributed by atoms with E-state index in [9.17, 15) is 14.7 Å². The minimum Gasteiger partial charge on any atom is -0.507 e. The molecule has 0 fully saturated rings. The largest absolute Gasteiger partial charge is 0.507 e. The summed E-state index contributed by atoms with van der Waals surface area (Å²) in [4.78, 5) is 22.0. The third-order valence-electron chi connectivity index (χ3n) is 3.82. The van der Waals surface area contributed by atoms with E-state index >= 15 is 0 Å². The Morgan fingerprint density at radius 2 is 1.46 bits per heavy atom. The van der Waals surface area contributed by atoms with Crippen LogP contribution in [-0.2, 0) is 0 Å². The van der Waals surface area contributed by atoms with Crippen molar-refractivity contribution in [3.8, 4) is 11.5 Å². The summed E-state index contributed by atoms with van der Waals surface area (Å²) >= 11 is 0. The predicted molar refractivity (Wildman–Crippen MR) is 107 cm³/mol. The summed E-state index contributed by atoms with van der Waals surface area (Å²) in [6, 6.07) is 16.6. The lowest BCUT2D eigenvalue weighted by Gasteiger charge is -2.06. The van der Waals surface area contributed by atoms with E-state index in [1.165, 1.54) is 6.07 Å². The van der Waals surface area contributed by atoms with E-state index < -0.39 is 11.3 Å². The van der Waals surface area contributed by atoms with Crippen LogP contribution in [0.2, 0.25) is 0 Å². The SMILES string of the molecule is C=CCCOc1cc(=O)oc2ccccc12.O=c1cc(O)c2ccccc2o1. The Labute approximate surface area is 159 Å². The molecule has 142 valence electrons. The lowest BCUT2D eigenvalue weighted by molar-refractivity contribution is 0.326. The number of ether oxygens (including phenoxy) is 1. The summed E-state index contributed by atoms with van der Waals surface area (Å²) in [5.74, 6) is 0.524. The van der Waals surface area contributed by atoms with Gasteiger partial charge in [0.2, 0.25) is 0 Å². The maximum absolute atomic E-state index is 11.3. The zero-order chi connectivity index (χ0) is 19.9. The minimum absolute atomic E-state index is 0.0400. The van der Waals surface area contributed by atoms with Crippen LogP contribution in [0.4, 0.5) is 0 Å². The fourth-order valence-electron chi connectivity index (χ4n) is 2.55. The molecule has 2 aromatic heterocycles. The maximum Gasteiger partial charge on any atom is 0.339 e. The zero-order valence-corrected chi connectivity index (χ0v) is 15.0. The molecular formula is C22H18O6. The molecule has 0 aliphatic heterocycles. The van der Waals surface area contributed by atoms with Gasteiger partial charge in [-0.3, -0.25) is 0 Å². The minimum atomic E-state index is -0.536. The molecule has 0 bridgehead atoms. The zero-order valence-electron chi connectivity index (χ0n) is 15.0. The topological polar surface area (TPSA) is 89.9 Å². The van der Waals surface area contributed by atoms with Crippen molar-refractivity contribution < 1.29 is 18.7 Å². The highest BCUT2D eigenvalue weighted by Gasteiger charge is 2.05. The highest BCUT2D eigenvalue weighted by atomic mass is 16.5. The number of hydrogen-bond acceptors (Lipinski definition) is 6. The van der Waals surface area contributed by atoms with E-state index in [0.717, 1.165) is 17.9 Å². The van der Waals surface area contributed by atoms with Crippen molar-refractivity contribution in [3.05, 3.63) is 94.2 Å². The fraction of sp³-hybridized carbons (Fsp3) is 0.0909.